The Bertz CT molecular complexity index is 440. The van der Waals surface area contributed by atoms with Crippen LogP contribution in [0.1, 0.15) is 12.0 Å². The van der Waals surface area contributed by atoms with Gasteiger partial charge in [0, 0.05) is 5.75 Å². The number of thioether (sulfide) groups is 1. The molecular formula is C10H9ClF3NO2S. The number of rotatable bonds is 4. The van der Waals surface area contributed by atoms with Gasteiger partial charge in [-0.1, -0.05) is 11.6 Å². The second kappa shape index (κ2) is 6.29. The molecule has 3 nitrogen and oxygen atoms in total. The fraction of sp³-hybridized carbons (Fsp3) is 0.400. The predicted molar refractivity (Wildman–Crippen MR) is 61.6 cm³/mol. The van der Waals surface area contributed by atoms with E-state index in [1.54, 1.807) is 0 Å². The molecular weight excluding hydrogens is 291 g/mol. The first-order valence-corrected chi connectivity index (χ1v) is 6.13. The van der Waals surface area contributed by atoms with Gasteiger partial charge < -0.3 is 4.74 Å². The van der Waals surface area contributed by atoms with Crippen LogP contribution in [0.5, 0.6) is 0 Å². The van der Waals surface area contributed by atoms with Gasteiger partial charge in [0.1, 0.15) is 5.15 Å². The van der Waals surface area contributed by atoms with Gasteiger partial charge in [-0.2, -0.15) is 13.2 Å². The molecule has 0 unspecified atom stereocenters. The van der Waals surface area contributed by atoms with Crippen LogP contribution in [0.3, 0.4) is 0 Å². The van der Waals surface area contributed by atoms with Gasteiger partial charge in [-0.05, 0) is 12.1 Å². The number of esters is 1. The van der Waals surface area contributed by atoms with E-state index in [-0.39, 0.29) is 22.4 Å². The number of methoxy groups -OCH3 is 1. The normalized spacial score (nSPS) is 11.4. The zero-order valence-electron chi connectivity index (χ0n) is 9.25. The van der Waals surface area contributed by atoms with Crippen molar-refractivity contribution < 1.29 is 22.7 Å². The van der Waals surface area contributed by atoms with Gasteiger partial charge in [0.05, 0.1) is 24.1 Å². The summed E-state index contributed by atoms with van der Waals surface area (Å²) in [4.78, 5) is 14.6. The minimum atomic E-state index is -4.47. The molecule has 0 aromatic carbocycles. The van der Waals surface area contributed by atoms with Crippen molar-refractivity contribution in [1.29, 1.82) is 0 Å². The third kappa shape index (κ3) is 4.73. The molecule has 1 rings (SSSR count). The van der Waals surface area contributed by atoms with Crippen molar-refractivity contribution in [2.75, 3.05) is 12.9 Å². The van der Waals surface area contributed by atoms with Crippen LogP contribution in [0.25, 0.3) is 0 Å². The molecule has 0 saturated heterocycles. The number of pyridine rings is 1. The van der Waals surface area contributed by atoms with E-state index in [4.69, 9.17) is 11.6 Å². The first kappa shape index (κ1) is 15.1. The summed E-state index contributed by atoms with van der Waals surface area (Å²) in [5.41, 5.74) is -0.858. The third-order valence-corrected chi connectivity index (χ3v) is 2.99. The van der Waals surface area contributed by atoms with Crippen LogP contribution >= 0.6 is 23.4 Å². The maximum Gasteiger partial charge on any atom is 0.416 e. The van der Waals surface area contributed by atoms with Gasteiger partial charge in [-0.25, -0.2) is 4.98 Å². The minimum Gasteiger partial charge on any atom is -0.469 e. The zero-order chi connectivity index (χ0) is 13.8. The molecule has 0 aliphatic rings. The second-order valence-electron chi connectivity index (χ2n) is 3.19. The molecule has 0 aliphatic carbocycles. The highest BCUT2D eigenvalue weighted by molar-refractivity contribution is 7.99. The van der Waals surface area contributed by atoms with Crippen molar-refractivity contribution >= 4 is 29.3 Å². The number of hydrogen-bond acceptors (Lipinski definition) is 4. The van der Waals surface area contributed by atoms with E-state index < -0.39 is 17.7 Å². The maximum atomic E-state index is 12.5. The SMILES string of the molecule is COC(=O)CCSc1cc(C(F)(F)F)cc(Cl)n1. The van der Waals surface area contributed by atoms with Crippen LogP contribution in [-0.2, 0) is 15.7 Å². The summed E-state index contributed by atoms with van der Waals surface area (Å²) in [6.07, 6.45) is -4.37. The van der Waals surface area contributed by atoms with Crippen molar-refractivity contribution in [2.24, 2.45) is 0 Å². The first-order chi connectivity index (χ1) is 8.32. The summed E-state index contributed by atoms with van der Waals surface area (Å²) in [6, 6.07) is 1.65. The summed E-state index contributed by atoms with van der Waals surface area (Å²) in [5, 5.41) is -0.107. The fourth-order valence-corrected chi connectivity index (χ4v) is 2.16. The van der Waals surface area contributed by atoms with Gasteiger partial charge in [0.15, 0.2) is 0 Å². The second-order valence-corrected chi connectivity index (χ2v) is 4.69. The lowest BCUT2D eigenvalue weighted by molar-refractivity contribution is -0.140. The highest BCUT2D eigenvalue weighted by atomic mass is 35.5. The number of alkyl halides is 3. The van der Waals surface area contributed by atoms with Gasteiger partial charge in [0.2, 0.25) is 0 Å². The molecule has 1 aromatic rings. The molecule has 0 amide bonds. The first-order valence-electron chi connectivity index (χ1n) is 4.77. The molecule has 0 bridgehead atoms. The number of carbonyl (C=O) groups excluding carboxylic acids is 1. The quantitative estimate of drug-likeness (QED) is 0.485. The predicted octanol–water partition coefficient (Wildman–Crippen LogP) is 3.41. The Kier molecular flexibility index (Phi) is 5.28. The smallest absolute Gasteiger partial charge is 0.416 e. The number of hydrogen-bond donors (Lipinski definition) is 0. The Morgan fingerprint density at radius 1 is 1.50 bits per heavy atom. The summed E-state index contributed by atoms with van der Waals surface area (Å²) in [6.45, 7) is 0. The number of ether oxygens (including phenoxy) is 1. The van der Waals surface area contributed by atoms with Gasteiger partial charge in [-0.15, -0.1) is 11.8 Å². The van der Waals surface area contributed by atoms with Crippen LogP contribution < -0.4 is 0 Å². The van der Waals surface area contributed by atoms with Crippen molar-refractivity contribution in [1.82, 2.24) is 4.98 Å². The number of aromatic nitrogens is 1. The Morgan fingerprint density at radius 3 is 2.72 bits per heavy atom. The van der Waals surface area contributed by atoms with E-state index in [2.05, 4.69) is 9.72 Å². The van der Waals surface area contributed by atoms with E-state index in [0.29, 0.717) is 0 Å². The van der Waals surface area contributed by atoms with E-state index in [0.717, 1.165) is 23.9 Å². The van der Waals surface area contributed by atoms with Crippen molar-refractivity contribution in [2.45, 2.75) is 17.6 Å². The van der Waals surface area contributed by atoms with Gasteiger partial charge >= 0.3 is 12.1 Å². The standard InChI is InChI=1S/C10H9ClF3NO2S/c1-17-9(16)2-3-18-8-5-6(10(12,13)14)4-7(11)15-8/h4-5H,2-3H2,1H3. The number of carbonyl (C=O) groups is 1. The highest BCUT2D eigenvalue weighted by Gasteiger charge is 2.31. The molecule has 18 heavy (non-hydrogen) atoms. The number of halogens is 4. The number of nitrogens with zero attached hydrogens (tertiary/aromatic N) is 1. The molecule has 8 heteroatoms. The molecule has 1 heterocycles. The van der Waals surface area contributed by atoms with Gasteiger partial charge in [0.25, 0.3) is 0 Å². The van der Waals surface area contributed by atoms with E-state index in [1.165, 1.54) is 7.11 Å². The van der Waals surface area contributed by atoms with Crippen LogP contribution in [0.15, 0.2) is 17.2 Å². The molecule has 0 aliphatic heterocycles. The summed E-state index contributed by atoms with van der Waals surface area (Å²) in [7, 11) is 1.24. The molecule has 0 saturated carbocycles. The molecule has 0 N–H and O–H groups in total. The molecule has 0 radical (unpaired) electrons. The van der Waals surface area contributed by atoms with Gasteiger partial charge in [-0.3, -0.25) is 4.79 Å². The van der Waals surface area contributed by atoms with Crippen molar-refractivity contribution in [3.63, 3.8) is 0 Å². The Balaban J connectivity index is 2.72. The average Bonchev–Trinajstić information content (AvgIpc) is 2.27. The highest BCUT2D eigenvalue weighted by Crippen LogP contribution is 2.33. The Morgan fingerprint density at radius 2 is 2.17 bits per heavy atom. The summed E-state index contributed by atoms with van der Waals surface area (Å²) >= 11 is 6.52. The third-order valence-electron chi connectivity index (χ3n) is 1.88. The van der Waals surface area contributed by atoms with E-state index in [1.807, 2.05) is 0 Å². The fourth-order valence-electron chi connectivity index (χ4n) is 1.05. The van der Waals surface area contributed by atoms with Crippen molar-refractivity contribution in [3.8, 4) is 0 Å². The van der Waals surface area contributed by atoms with Crippen LogP contribution in [-0.4, -0.2) is 23.8 Å². The maximum absolute atomic E-state index is 12.5. The van der Waals surface area contributed by atoms with Crippen LogP contribution in [0, 0.1) is 0 Å². The lowest BCUT2D eigenvalue weighted by Crippen LogP contribution is -2.06. The Hall–Kier alpha value is -0.950. The molecule has 0 spiro atoms. The lowest BCUT2D eigenvalue weighted by Gasteiger charge is -2.08. The molecule has 0 fully saturated rings. The monoisotopic (exact) mass is 299 g/mol. The van der Waals surface area contributed by atoms with Crippen LogP contribution in [0.2, 0.25) is 5.15 Å². The lowest BCUT2D eigenvalue weighted by atomic mass is 10.3. The zero-order valence-corrected chi connectivity index (χ0v) is 10.8. The summed E-state index contributed by atoms with van der Waals surface area (Å²) in [5.74, 6) is -0.155. The molecule has 1 aromatic heterocycles. The average molecular weight is 300 g/mol. The van der Waals surface area contributed by atoms with Crippen molar-refractivity contribution in [3.05, 3.63) is 22.8 Å². The summed E-state index contributed by atoms with van der Waals surface area (Å²) < 4.78 is 41.9. The van der Waals surface area contributed by atoms with E-state index >= 15 is 0 Å². The van der Waals surface area contributed by atoms with Crippen LogP contribution in [0.4, 0.5) is 13.2 Å². The molecule has 0 atom stereocenters. The molecule has 100 valence electrons. The largest absolute Gasteiger partial charge is 0.469 e. The van der Waals surface area contributed by atoms with E-state index in [9.17, 15) is 18.0 Å². The Labute approximate surface area is 111 Å². The minimum absolute atomic E-state index is 0.0940. The topological polar surface area (TPSA) is 39.2 Å².